The van der Waals surface area contributed by atoms with E-state index < -0.39 is 6.04 Å². The van der Waals surface area contributed by atoms with Gasteiger partial charge in [-0.05, 0) is 26.1 Å². The fraction of sp³-hybridized carbons (Fsp3) is 0.278. The van der Waals surface area contributed by atoms with Crippen LogP contribution in [0.4, 0.5) is 5.13 Å². The standard InChI is InChI=1S/C18H21N5O2S/c1-11-5-6-15(25-4)13(7-11)14-10-26-18(21-14)22-17(24)16(19-2)12-8-20-23(3)9-12/h5-10,16,19H,1-4H3,(H,21,22,24). The van der Waals surface area contributed by atoms with Gasteiger partial charge in [0.15, 0.2) is 5.13 Å². The van der Waals surface area contributed by atoms with Gasteiger partial charge in [0.05, 0.1) is 19.0 Å². The lowest BCUT2D eigenvalue weighted by Gasteiger charge is -2.13. The van der Waals surface area contributed by atoms with Crippen molar-refractivity contribution >= 4 is 22.4 Å². The number of nitrogens with one attached hydrogen (secondary N) is 2. The summed E-state index contributed by atoms with van der Waals surface area (Å²) in [4.78, 5) is 17.2. The van der Waals surface area contributed by atoms with Crippen LogP contribution in [-0.4, -0.2) is 34.8 Å². The zero-order valence-electron chi connectivity index (χ0n) is 15.1. The molecule has 0 saturated carbocycles. The number of hydrogen-bond donors (Lipinski definition) is 2. The Hall–Kier alpha value is -2.71. The topological polar surface area (TPSA) is 81.1 Å². The van der Waals surface area contributed by atoms with E-state index in [1.165, 1.54) is 11.3 Å². The zero-order valence-corrected chi connectivity index (χ0v) is 15.9. The monoisotopic (exact) mass is 371 g/mol. The van der Waals surface area contributed by atoms with Crippen LogP contribution in [-0.2, 0) is 11.8 Å². The second kappa shape index (κ2) is 7.67. The van der Waals surface area contributed by atoms with Crippen LogP contribution in [0.2, 0.25) is 0 Å². The van der Waals surface area contributed by atoms with Crippen molar-refractivity contribution in [2.75, 3.05) is 19.5 Å². The van der Waals surface area contributed by atoms with Crippen molar-refractivity contribution in [3.63, 3.8) is 0 Å². The summed E-state index contributed by atoms with van der Waals surface area (Å²) in [6.45, 7) is 2.02. The normalized spacial score (nSPS) is 12.0. The summed E-state index contributed by atoms with van der Waals surface area (Å²) in [6, 6.07) is 5.43. The Kier molecular flexibility index (Phi) is 5.34. The molecule has 0 bridgehead atoms. The number of likely N-dealkylation sites (N-methyl/N-ethyl adjacent to an activating group) is 1. The van der Waals surface area contributed by atoms with Crippen LogP contribution in [0.25, 0.3) is 11.3 Å². The number of hydrogen-bond acceptors (Lipinski definition) is 6. The number of ether oxygens (including phenoxy) is 1. The maximum absolute atomic E-state index is 12.6. The number of carbonyl (C=O) groups is 1. The maximum Gasteiger partial charge on any atom is 0.247 e. The fourth-order valence-corrected chi connectivity index (χ4v) is 3.41. The summed E-state index contributed by atoms with van der Waals surface area (Å²) in [5.74, 6) is 0.569. The fourth-order valence-electron chi connectivity index (χ4n) is 2.69. The van der Waals surface area contributed by atoms with E-state index in [0.29, 0.717) is 5.13 Å². The summed E-state index contributed by atoms with van der Waals surface area (Å²) in [7, 11) is 5.19. The van der Waals surface area contributed by atoms with Gasteiger partial charge in [-0.3, -0.25) is 9.48 Å². The second-order valence-corrected chi connectivity index (χ2v) is 6.76. The summed E-state index contributed by atoms with van der Waals surface area (Å²) in [5, 5.41) is 12.4. The third kappa shape index (κ3) is 3.76. The van der Waals surface area contributed by atoms with Crippen LogP contribution in [0, 0.1) is 6.92 Å². The SMILES string of the molecule is CNC(C(=O)Nc1nc(-c2cc(C)ccc2OC)cs1)c1cnn(C)c1. The van der Waals surface area contributed by atoms with E-state index in [9.17, 15) is 4.79 Å². The van der Waals surface area contributed by atoms with Crippen molar-refractivity contribution in [1.29, 1.82) is 0 Å². The summed E-state index contributed by atoms with van der Waals surface area (Å²) >= 11 is 1.38. The smallest absolute Gasteiger partial charge is 0.247 e. The molecule has 0 spiro atoms. The zero-order chi connectivity index (χ0) is 18.7. The van der Waals surface area contributed by atoms with E-state index in [1.807, 2.05) is 43.7 Å². The van der Waals surface area contributed by atoms with Gasteiger partial charge < -0.3 is 15.4 Å². The van der Waals surface area contributed by atoms with Crippen molar-refractivity contribution in [3.8, 4) is 17.0 Å². The molecule has 0 aliphatic rings. The number of aryl methyl sites for hydroxylation is 2. The first-order valence-corrected chi connectivity index (χ1v) is 8.97. The Balaban J connectivity index is 1.80. The van der Waals surface area contributed by atoms with Gasteiger partial charge in [0.2, 0.25) is 5.91 Å². The molecule has 1 amide bonds. The first kappa shape index (κ1) is 18.1. The number of methoxy groups -OCH3 is 1. The van der Waals surface area contributed by atoms with Gasteiger partial charge in [0.25, 0.3) is 0 Å². The van der Waals surface area contributed by atoms with E-state index in [0.717, 1.165) is 28.1 Å². The highest BCUT2D eigenvalue weighted by atomic mass is 32.1. The molecule has 1 unspecified atom stereocenters. The number of nitrogens with zero attached hydrogens (tertiary/aromatic N) is 3. The number of carbonyl (C=O) groups excluding carboxylic acids is 1. The van der Waals surface area contributed by atoms with E-state index in [-0.39, 0.29) is 5.91 Å². The molecule has 26 heavy (non-hydrogen) atoms. The van der Waals surface area contributed by atoms with Gasteiger partial charge in [-0.1, -0.05) is 11.6 Å². The lowest BCUT2D eigenvalue weighted by atomic mass is 10.1. The Bertz CT molecular complexity index is 918. The van der Waals surface area contributed by atoms with Crippen molar-refractivity contribution in [2.45, 2.75) is 13.0 Å². The largest absolute Gasteiger partial charge is 0.496 e. The molecule has 8 heteroatoms. The number of thiazole rings is 1. The van der Waals surface area contributed by atoms with Crippen molar-refractivity contribution in [2.24, 2.45) is 7.05 Å². The molecule has 1 aromatic carbocycles. The highest BCUT2D eigenvalue weighted by Gasteiger charge is 2.21. The van der Waals surface area contributed by atoms with Crippen molar-refractivity contribution in [3.05, 3.63) is 47.1 Å². The van der Waals surface area contributed by atoms with Crippen LogP contribution >= 0.6 is 11.3 Å². The average Bonchev–Trinajstić information content (AvgIpc) is 3.25. The van der Waals surface area contributed by atoms with Crippen LogP contribution in [0.15, 0.2) is 36.0 Å². The molecule has 3 rings (SSSR count). The van der Waals surface area contributed by atoms with Gasteiger partial charge >= 0.3 is 0 Å². The summed E-state index contributed by atoms with van der Waals surface area (Å²) < 4.78 is 7.08. The summed E-state index contributed by atoms with van der Waals surface area (Å²) in [5.41, 5.74) is 3.59. The minimum atomic E-state index is -0.496. The molecule has 0 radical (unpaired) electrons. The first-order valence-electron chi connectivity index (χ1n) is 8.09. The van der Waals surface area contributed by atoms with E-state index >= 15 is 0 Å². The molecule has 3 aromatic rings. The molecule has 0 saturated heterocycles. The van der Waals surface area contributed by atoms with Crippen LogP contribution in [0.3, 0.4) is 0 Å². The highest BCUT2D eigenvalue weighted by molar-refractivity contribution is 7.14. The van der Waals surface area contributed by atoms with Crippen LogP contribution in [0.5, 0.6) is 5.75 Å². The van der Waals surface area contributed by atoms with E-state index in [2.05, 4.69) is 20.7 Å². The third-order valence-electron chi connectivity index (χ3n) is 3.97. The van der Waals surface area contributed by atoms with Gasteiger partial charge in [0.1, 0.15) is 11.8 Å². The molecule has 0 aliphatic heterocycles. The lowest BCUT2D eigenvalue weighted by Crippen LogP contribution is -2.30. The molecular formula is C18H21N5O2S. The molecule has 1 atom stereocenters. The van der Waals surface area contributed by atoms with Gasteiger partial charge in [-0.15, -0.1) is 11.3 Å². The lowest BCUT2D eigenvalue weighted by molar-refractivity contribution is -0.118. The Morgan fingerprint density at radius 1 is 1.38 bits per heavy atom. The predicted octanol–water partition coefficient (Wildman–Crippen LogP) is 2.76. The first-order chi connectivity index (χ1) is 12.5. The summed E-state index contributed by atoms with van der Waals surface area (Å²) in [6.07, 6.45) is 3.48. The van der Waals surface area contributed by atoms with Crippen LogP contribution < -0.4 is 15.4 Å². The number of aromatic nitrogens is 3. The van der Waals surface area contributed by atoms with Crippen molar-refractivity contribution < 1.29 is 9.53 Å². The molecule has 7 nitrogen and oxygen atoms in total. The van der Waals surface area contributed by atoms with Crippen LogP contribution in [0.1, 0.15) is 17.2 Å². The molecule has 2 N–H and O–H groups in total. The Labute approximate surface area is 156 Å². The van der Waals surface area contributed by atoms with E-state index in [4.69, 9.17) is 4.74 Å². The molecule has 136 valence electrons. The highest BCUT2D eigenvalue weighted by Crippen LogP contribution is 2.33. The van der Waals surface area contributed by atoms with E-state index in [1.54, 1.807) is 25.0 Å². The Morgan fingerprint density at radius 2 is 2.19 bits per heavy atom. The maximum atomic E-state index is 12.6. The van der Waals surface area contributed by atoms with Gasteiger partial charge in [-0.2, -0.15) is 5.10 Å². The Morgan fingerprint density at radius 3 is 2.85 bits per heavy atom. The average molecular weight is 371 g/mol. The van der Waals surface area contributed by atoms with Crippen molar-refractivity contribution in [1.82, 2.24) is 20.1 Å². The number of amides is 1. The second-order valence-electron chi connectivity index (χ2n) is 5.90. The minimum Gasteiger partial charge on any atom is -0.496 e. The van der Waals surface area contributed by atoms with Gasteiger partial charge in [-0.25, -0.2) is 4.98 Å². The third-order valence-corrected chi connectivity index (χ3v) is 4.73. The number of rotatable bonds is 6. The quantitative estimate of drug-likeness (QED) is 0.696. The predicted molar refractivity (Wildman–Crippen MR) is 102 cm³/mol. The molecule has 2 heterocycles. The molecular weight excluding hydrogens is 350 g/mol. The molecule has 0 aliphatic carbocycles. The molecule has 2 aromatic heterocycles. The number of benzene rings is 1. The van der Waals surface area contributed by atoms with Gasteiger partial charge in [0, 0.05) is 29.8 Å². The molecule has 0 fully saturated rings. The number of anilines is 1. The minimum absolute atomic E-state index is 0.183.